The molecule has 1 N–H and O–H groups in total. The summed E-state index contributed by atoms with van der Waals surface area (Å²) in [6, 6.07) is 7.42. The molecular formula is C13H15ClN4O. The lowest BCUT2D eigenvalue weighted by Crippen LogP contribution is -2.27. The number of halogens is 1. The number of amides is 1. The van der Waals surface area contributed by atoms with Gasteiger partial charge in [-0.15, -0.1) is 5.10 Å². The van der Waals surface area contributed by atoms with E-state index < -0.39 is 0 Å². The highest BCUT2D eigenvalue weighted by Gasteiger charge is 2.16. The van der Waals surface area contributed by atoms with Crippen LogP contribution in [0.15, 0.2) is 24.3 Å². The molecule has 0 unspecified atom stereocenters. The average Bonchev–Trinajstić information content (AvgIpc) is 2.86. The molecule has 2 rings (SSSR count). The number of nitrogens with one attached hydrogen (secondary N) is 1. The Bertz CT molecular complexity index is 582. The van der Waals surface area contributed by atoms with Crippen LogP contribution in [0.25, 0.3) is 0 Å². The summed E-state index contributed by atoms with van der Waals surface area (Å²) >= 11 is 5.91. The number of H-pyrrole nitrogens is 1. The lowest BCUT2D eigenvalue weighted by Gasteiger charge is -2.15. The van der Waals surface area contributed by atoms with E-state index in [2.05, 4.69) is 15.2 Å². The van der Waals surface area contributed by atoms with Crippen molar-refractivity contribution < 1.29 is 4.79 Å². The van der Waals surface area contributed by atoms with Gasteiger partial charge in [-0.2, -0.15) is 0 Å². The molecule has 5 nitrogen and oxygen atoms in total. The van der Waals surface area contributed by atoms with Gasteiger partial charge in [0.15, 0.2) is 0 Å². The molecule has 0 atom stereocenters. The third-order valence-corrected chi connectivity index (χ3v) is 2.95. The van der Waals surface area contributed by atoms with Crippen LogP contribution in [0.3, 0.4) is 0 Å². The molecule has 0 saturated carbocycles. The Morgan fingerprint density at radius 2 is 2.26 bits per heavy atom. The summed E-state index contributed by atoms with van der Waals surface area (Å²) in [5.41, 5.74) is 0.967. The monoisotopic (exact) mass is 278 g/mol. The van der Waals surface area contributed by atoms with Crippen LogP contribution in [0.4, 0.5) is 0 Å². The first-order chi connectivity index (χ1) is 9.10. The van der Waals surface area contributed by atoms with Gasteiger partial charge in [-0.3, -0.25) is 9.89 Å². The molecule has 0 aliphatic rings. The summed E-state index contributed by atoms with van der Waals surface area (Å²) in [6.07, 6.45) is 0.721. The van der Waals surface area contributed by atoms with E-state index in [0.29, 0.717) is 17.4 Å². The summed E-state index contributed by atoms with van der Waals surface area (Å²) in [5.74, 6) is 0.691. The van der Waals surface area contributed by atoms with Crippen LogP contribution in [-0.4, -0.2) is 33.0 Å². The maximum Gasteiger partial charge on any atom is 0.293 e. The minimum Gasteiger partial charge on any atom is -0.335 e. The highest BCUT2D eigenvalue weighted by Crippen LogP contribution is 2.12. The number of aromatic amines is 1. The van der Waals surface area contributed by atoms with Gasteiger partial charge in [-0.1, -0.05) is 30.7 Å². The second-order valence-electron chi connectivity index (χ2n) is 4.25. The fourth-order valence-electron chi connectivity index (χ4n) is 1.70. The van der Waals surface area contributed by atoms with Gasteiger partial charge in [0, 0.05) is 25.0 Å². The largest absolute Gasteiger partial charge is 0.335 e. The normalized spacial score (nSPS) is 10.5. The molecule has 1 heterocycles. The van der Waals surface area contributed by atoms with E-state index in [0.717, 1.165) is 12.0 Å². The van der Waals surface area contributed by atoms with E-state index in [1.165, 1.54) is 0 Å². The minimum absolute atomic E-state index is 0.196. The molecule has 2 aromatic rings. The van der Waals surface area contributed by atoms with Crippen LogP contribution in [0, 0.1) is 0 Å². The van der Waals surface area contributed by atoms with Crippen LogP contribution in [0.2, 0.25) is 5.02 Å². The van der Waals surface area contributed by atoms with Crippen molar-refractivity contribution in [2.75, 3.05) is 7.05 Å². The number of carbonyl (C=O) groups is 1. The quantitative estimate of drug-likeness (QED) is 0.933. The Hall–Kier alpha value is -1.88. The van der Waals surface area contributed by atoms with Crippen molar-refractivity contribution in [3.8, 4) is 0 Å². The van der Waals surface area contributed by atoms with Gasteiger partial charge in [0.25, 0.3) is 5.91 Å². The van der Waals surface area contributed by atoms with Crippen molar-refractivity contribution in [1.29, 1.82) is 0 Å². The van der Waals surface area contributed by atoms with Gasteiger partial charge >= 0.3 is 0 Å². The molecule has 0 aliphatic heterocycles. The average molecular weight is 279 g/mol. The van der Waals surface area contributed by atoms with Gasteiger partial charge < -0.3 is 4.90 Å². The number of nitrogens with zero attached hydrogens (tertiary/aromatic N) is 3. The van der Waals surface area contributed by atoms with Gasteiger partial charge in [0.2, 0.25) is 5.82 Å². The number of hydrogen-bond donors (Lipinski definition) is 1. The smallest absolute Gasteiger partial charge is 0.293 e. The van der Waals surface area contributed by atoms with E-state index in [-0.39, 0.29) is 11.7 Å². The molecule has 0 aliphatic carbocycles. The van der Waals surface area contributed by atoms with E-state index >= 15 is 0 Å². The molecule has 1 aromatic carbocycles. The fourth-order valence-corrected chi connectivity index (χ4v) is 1.91. The summed E-state index contributed by atoms with van der Waals surface area (Å²) in [4.78, 5) is 17.8. The SMILES string of the molecule is CCc1nc(C(=O)N(C)Cc2cccc(Cl)c2)n[nH]1. The van der Waals surface area contributed by atoms with Crippen molar-refractivity contribution in [3.63, 3.8) is 0 Å². The van der Waals surface area contributed by atoms with Gasteiger partial charge in [0.1, 0.15) is 5.82 Å². The molecule has 100 valence electrons. The topological polar surface area (TPSA) is 61.9 Å². The lowest BCUT2D eigenvalue weighted by molar-refractivity contribution is 0.0773. The van der Waals surface area contributed by atoms with Crippen molar-refractivity contribution in [2.24, 2.45) is 0 Å². The third kappa shape index (κ3) is 3.32. The zero-order valence-corrected chi connectivity index (χ0v) is 11.6. The summed E-state index contributed by atoms with van der Waals surface area (Å²) < 4.78 is 0. The van der Waals surface area contributed by atoms with E-state index in [1.807, 2.05) is 25.1 Å². The third-order valence-electron chi connectivity index (χ3n) is 2.71. The zero-order valence-electron chi connectivity index (χ0n) is 10.9. The standard InChI is InChI=1S/C13H15ClN4O/c1-3-11-15-12(17-16-11)13(19)18(2)8-9-5-4-6-10(14)7-9/h4-7H,3,8H2,1-2H3,(H,15,16,17). The molecule has 0 spiro atoms. The highest BCUT2D eigenvalue weighted by atomic mass is 35.5. The Kier molecular flexibility index (Phi) is 4.16. The summed E-state index contributed by atoms with van der Waals surface area (Å²) in [6.45, 7) is 2.42. The number of aryl methyl sites for hydroxylation is 1. The van der Waals surface area contributed by atoms with Crippen molar-refractivity contribution >= 4 is 17.5 Å². The lowest BCUT2D eigenvalue weighted by atomic mass is 10.2. The molecule has 0 radical (unpaired) electrons. The number of benzene rings is 1. The predicted molar refractivity (Wildman–Crippen MR) is 73.0 cm³/mol. The Morgan fingerprint density at radius 3 is 2.89 bits per heavy atom. The van der Waals surface area contributed by atoms with Crippen LogP contribution >= 0.6 is 11.6 Å². The molecule has 0 saturated heterocycles. The van der Waals surface area contributed by atoms with Gasteiger partial charge in [-0.05, 0) is 17.7 Å². The second-order valence-corrected chi connectivity index (χ2v) is 4.69. The maximum atomic E-state index is 12.1. The first-order valence-electron chi connectivity index (χ1n) is 6.01. The van der Waals surface area contributed by atoms with E-state index in [1.54, 1.807) is 18.0 Å². The van der Waals surface area contributed by atoms with Crippen LogP contribution in [0.1, 0.15) is 28.9 Å². The van der Waals surface area contributed by atoms with Crippen molar-refractivity contribution in [3.05, 3.63) is 46.5 Å². The number of hydrogen-bond acceptors (Lipinski definition) is 3. The molecule has 0 fully saturated rings. The summed E-state index contributed by atoms with van der Waals surface area (Å²) in [7, 11) is 1.71. The Labute approximate surface area is 116 Å². The summed E-state index contributed by atoms with van der Waals surface area (Å²) in [5, 5.41) is 7.31. The Balaban J connectivity index is 2.07. The van der Waals surface area contributed by atoms with E-state index in [4.69, 9.17) is 11.6 Å². The molecule has 6 heteroatoms. The fraction of sp³-hybridized carbons (Fsp3) is 0.308. The highest BCUT2D eigenvalue weighted by molar-refractivity contribution is 6.30. The van der Waals surface area contributed by atoms with Crippen molar-refractivity contribution in [1.82, 2.24) is 20.1 Å². The van der Waals surface area contributed by atoms with Crippen LogP contribution < -0.4 is 0 Å². The zero-order chi connectivity index (χ0) is 13.8. The van der Waals surface area contributed by atoms with Crippen LogP contribution in [0.5, 0.6) is 0 Å². The predicted octanol–water partition coefficient (Wildman–Crippen LogP) is 2.29. The molecule has 19 heavy (non-hydrogen) atoms. The maximum absolute atomic E-state index is 12.1. The molecule has 1 amide bonds. The Morgan fingerprint density at radius 1 is 1.47 bits per heavy atom. The van der Waals surface area contributed by atoms with Gasteiger partial charge in [0.05, 0.1) is 0 Å². The van der Waals surface area contributed by atoms with Gasteiger partial charge in [-0.25, -0.2) is 4.98 Å². The first-order valence-corrected chi connectivity index (χ1v) is 6.39. The van der Waals surface area contributed by atoms with Crippen molar-refractivity contribution in [2.45, 2.75) is 19.9 Å². The first kappa shape index (κ1) is 13.5. The molecule has 0 bridgehead atoms. The number of carbonyl (C=O) groups excluding carboxylic acids is 1. The molecular weight excluding hydrogens is 264 g/mol. The van der Waals surface area contributed by atoms with E-state index in [9.17, 15) is 4.79 Å². The second kappa shape index (κ2) is 5.84. The molecule has 1 aromatic heterocycles. The number of rotatable bonds is 4. The minimum atomic E-state index is -0.212. The van der Waals surface area contributed by atoms with Crippen LogP contribution in [-0.2, 0) is 13.0 Å². The number of aromatic nitrogens is 3.